The van der Waals surface area contributed by atoms with E-state index in [4.69, 9.17) is 0 Å². The second-order valence-electron chi connectivity index (χ2n) is 5.72. The molecule has 4 heteroatoms. The molecule has 18 heavy (non-hydrogen) atoms. The summed E-state index contributed by atoms with van der Waals surface area (Å²) in [5.74, 6) is -0.295. The summed E-state index contributed by atoms with van der Waals surface area (Å²) in [7, 11) is 0. The maximum absolute atomic E-state index is 12.8. The highest BCUT2D eigenvalue weighted by Gasteiger charge is 2.42. The van der Waals surface area contributed by atoms with Crippen molar-refractivity contribution in [1.82, 2.24) is 4.90 Å². The molecule has 3 saturated heterocycles. The molecule has 2 bridgehead atoms. The Labute approximate surface area is 105 Å². The number of hydrogen-bond donors (Lipinski definition) is 0. The van der Waals surface area contributed by atoms with E-state index in [0.717, 1.165) is 38.0 Å². The van der Waals surface area contributed by atoms with Crippen LogP contribution in [0.3, 0.4) is 0 Å². The average Bonchev–Trinajstić information content (AvgIpc) is 2.39. The minimum Gasteiger partial charge on any atom is -0.303 e. The topological polar surface area (TPSA) is 3.24 Å². The van der Waals surface area contributed by atoms with E-state index in [0.29, 0.717) is 11.8 Å². The van der Waals surface area contributed by atoms with Crippen molar-refractivity contribution in [2.45, 2.75) is 25.4 Å². The van der Waals surface area contributed by atoms with Gasteiger partial charge in [-0.3, -0.25) is 0 Å². The molecule has 0 amide bonds. The van der Waals surface area contributed by atoms with Gasteiger partial charge in [0.2, 0.25) is 0 Å². The summed E-state index contributed by atoms with van der Waals surface area (Å²) < 4.78 is 38.3. The molecule has 0 radical (unpaired) electrons. The van der Waals surface area contributed by atoms with Gasteiger partial charge in [0.1, 0.15) is 0 Å². The van der Waals surface area contributed by atoms with Crippen molar-refractivity contribution < 1.29 is 13.2 Å². The van der Waals surface area contributed by atoms with Crippen molar-refractivity contribution in [3.05, 3.63) is 23.8 Å². The predicted molar refractivity (Wildman–Crippen MR) is 64.0 cm³/mol. The Morgan fingerprint density at radius 2 is 1.89 bits per heavy atom. The Balaban J connectivity index is 1.74. The summed E-state index contributed by atoms with van der Waals surface area (Å²) >= 11 is 0. The molecule has 3 heterocycles. The molecule has 4 aliphatic rings. The molecule has 0 N–H and O–H groups in total. The Morgan fingerprint density at radius 1 is 1.17 bits per heavy atom. The first-order chi connectivity index (χ1) is 8.54. The largest absolute Gasteiger partial charge is 0.395 e. The lowest BCUT2D eigenvalue weighted by atomic mass is 9.72. The van der Waals surface area contributed by atoms with Gasteiger partial charge in [-0.05, 0) is 44.2 Å². The van der Waals surface area contributed by atoms with Crippen molar-refractivity contribution in [2.24, 2.45) is 17.8 Å². The van der Waals surface area contributed by atoms with E-state index >= 15 is 0 Å². The minimum absolute atomic E-state index is 0.176. The summed E-state index contributed by atoms with van der Waals surface area (Å²) in [5, 5.41) is 0. The smallest absolute Gasteiger partial charge is 0.303 e. The van der Waals surface area contributed by atoms with Crippen LogP contribution in [0.5, 0.6) is 0 Å². The highest BCUT2D eigenvalue weighted by molar-refractivity contribution is 5.25. The van der Waals surface area contributed by atoms with Gasteiger partial charge in [-0.2, -0.15) is 13.2 Å². The summed E-state index contributed by atoms with van der Waals surface area (Å²) in [6.07, 6.45) is 3.22. The van der Waals surface area contributed by atoms with Crippen LogP contribution in [0.1, 0.15) is 19.3 Å². The molecule has 2 atom stereocenters. The zero-order valence-corrected chi connectivity index (χ0v) is 10.3. The summed E-state index contributed by atoms with van der Waals surface area (Å²) in [4.78, 5) is 2.40. The average molecular weight is 257 g/mol. The minimum atomic E-state index is -4.09. The maximum Gasteiger partial charge on any atom is 0.395 e. The van der Waals surface area contributed by atoms with Crippen LogP contribution in [0.25, 0.3) is 0 Å². The van der Waals surface area contributed by atoms with Crippen LogP contribution < -0.4 is 0 Å². The molecule has 0 aromatic carbocycles. The van der Waals surface area contributed by atoms with Crippen LogP contribution in [0.4, 0.5) is 13.2 Å². The van der Waals surface area contributed by atoms with E-state index in [1.165, 1.54) is 6.08 Å². The number of rotatable bonds is 1. The van der Waals surface area contributed by atoms with E-state index in [1.54, 1.807) is 6.08 Å². The monoisotopic (exact) mass is 257 g/mol. The highest BCUT2D eigenvalue weighted by atomic mass is 19.4. The lowest BCUT2D eigenvalue weighted by molar-refractivity contribution is -0.161. The Morgan fingerprint density at radius 3 is 2.44 bits per heavy atom. The van der Waals surface area contributed by atoms with Crippen LogP contribution in [-0.2, 0) is 0 Å². The fourth-order valence-corrected chi connectivity index (χ4v) is 3.59. The molecule has 0 spiro atoms. The molecule has 0 saturated carbocycles. The fraction of sp³-hybridized carbons (Fsp3) is 0.714. The van der Waals surface area contributed by atoms with Crippen molar-refractivity contribution in [2.75, 3.05) is 19.6 Å². The van der Waals surface area contributed by atoms with Gasteiger partial charge in [-0.15, -0.1) is 0 Å². The van der Waals surface area contributed by atoms with Gasteiger partial charge in [0.25, 0.3) is 0 Å². The van der Waals surface area contributed by atoms with E-state index in [9.17, 15) is 13.2 Å². The lowest BCUT2D eigenvalue weighted by Crippen LogP contribution is -2.48. The second kappa shape index (κ2) is 4.41. The van der Waals surface area contributed by atoms with E-state index in [1.807, 2.05) is 6.08 Å². The molecule has 100 valence electrons. The Hall–Kier alpha value is -0.770. The Bertz CT molecular complexity index is 375. The highest BCUT2D eigenvalue weighted by Crippen LogP contribution is 2.42. The number of halogens is 3. The first-order valence-electron chi connectivity index (χ1n) is 6.70. The molecule has 0 aromatic rings. The van der Waals surface area contributed by atoms with Crippen molar-refractivity contribution in [3.8, 4) is 0 Å². The molecule has 4 rings (SSSR count). The molecule has 1 aliphatic carbocycles. The van der Waals surface area contributed by atoms with Gasteiger partial charge in [-0.25, -0.2) is 0 Å². The number of alkyl halides is 3. The zero-order valence-electron chi connectivity index (χ0n) is 10.3. The SMILES string of the molecule is FC(F)(F)C1C=CC=C(C2CN3CCC2CC3)C1. The first kappa shape index (κ1) is 12.3. The van der Waals surface area contributed by atoms with E-state index < -0.39 is 12.1 Å². The summed E-state index contributed by atoms with van der Waals surface area (Å²) in [5.41, 5.74) is 1.02. The van der Waals surface area contributed by atoms with Gasteiger partial charge >= 0.3 is 6.18 Å². The van der Waals surface area contributed by atoms with Crippen molar-refractivity contribution >= 4 is 0 Å². The number of nitrogens with zero attached hydrogens (tertiary/aromatic N) is 1. The molecule has 3 aliphatic heterocycles. The third-order valence-corrected chi connectivity index (χ3v) is 4.66. The number of fused-ring (bicyclic) bond motifs is 3. The standard InChI is InChI=1S/C14H18F3N/c15-14(16,17)12-3-1-2-11(8-12)13-9-18-6-4-10(13)5-7-18/h1-3,10,12-13H,4-9H2. The quantitative estimate of drug-likeness (QED) is 0.696. The van der Waals surface area contributed by atoms with Crippen LogP contribution >= 0.6 is 0 Å². The maximum atomic E-state index is 12.8. The Kier molecular flexibility index (Phi) is 3.00. The molecular formula is C14H18F3N. The third-order valence-electron chi connectivity index (χ3n) is 4.66. The molecule has 2 unspecified atom stereocenters. The van der Waals surface area contributed by atoms with Gasteiger partial charge in [0.05, 0.1) is 5.92 Å². The van der Waals surface area contributed by atoms with Gasteiger partial charge in [0, 0.05) is 6.54 Å². The van der Waals surface area contributed by atoms with Crippen LogP contribution in [0.15, 0.2) is 23.8 Å². The third kappa shape index (κ3) is 2.22. The van der Waals surface area contributed by atoms with Gasteiger partial charge < -0.3 is 4.90 Å². The zero-order chi connectivity index (χ0) is 12.8. The fourth-order valence-electron chi connectivity index (χ4n) is 3.59. The van der Waals surface area contributed by atoms with Crippen molar-refractivity contribution in [1.29, 1.82) is 0 Å². The number of allylic oxidation sites excluding steroid dienone is 3. The lowest BCUT2D eigenvalue weighted by Gasteiger charge is -2.46. The summed E-state index contributed by atoms with van der Waals surface area (Å²) in [6.45, 7) is 3.23. The van der Waals surface area contributed by atoms with E-state index in [-0.39, 0.29) is 6.42 Å². The molecule has 1 nitrogen and oxygen atoms in total. The molecular weight excluding hydrogens is 239 g/mol. The predicted octanol–water partition coefficient (Wildman–Crippen LogP) is 3.39. The number of hydrogen-bond acceptors (Lipinski definition) is 1. The second-order valence-corrected chi connectivity index (χ2v) is 5.72. The van der Waals surface area contributed by atoms with Crippen LogP contribution in [-0.4, -0.2) is 30.7 Å². The normalized spacial score (nSPS) is 39.8. The van der Waals surface area contributed by atoms with Crippen LogP contribution in [0.2, 0.25) is 0 Å². The number of piperidine rings is 3. The van der Waals surface area contributed by atoms with Crippen LogP contribution in [0, 0.1) is 17.8 Å². The molecule has 3 fully saturated rings. The van der Waals surface area contributed by atoms with Gasteiger partial charge in [0.15, 0.2) is 0 Å². The van der Waals surface area contributed by atoms with Crippen molar-refractivity contribution in [3.63, 3.8) is 0 Å². The molecule has 0 aromatic heterocycles. The first-order valence-corrected chi connectivity index (χ1v) is 6.70. The van der Waals surface area contributed by atoms with Gasteiger partial charge in [-0.1, -0.05) is 23.8 Å². The van der Waals surface area contributed by atoms with E-state index in [2.05, 4.69) is 4.90 Å². The summed E-state index contributed by atoms with van der Waals surface area (Å²) in [6, 6.07) is 0.